The van der Waals surface area contributed by atoms with Crippen molar-refractivity contribution in [2.45, 2.75) is 38.3 Å². The van der Waals surface area contributed by atoms with Gasteiger partial charge < -0.3 is 20.5 Å². The summed E-state index contributed by atoms with van der Waals surface area (Å²) < 4.78 is 9.81. The third kappa shape index (κ3) is 3.68. The number of hydrogen-bond acceptors (Lipinski definition) is 5. The van der Waals surface area contributed by atoms with Crippen LogP contribution >= 0.6 is 0 Å². The van der Waals surface area contributed by atoms with E-state index < -0.39 is 17.6 Å². The fourth-order valence-electron chi connectivity index (χ4n) is 1.89. The molecule has 2 unspecified atom stereocenters. The number of carbonyl (C=O) groups is 2. The molecule has 6 heteroatoms. The van der Waals surface area contributed by atoms with Crippen LogP contribution in [-0.4, -0.2) is 43.8 Å². The van der Waals surface area contributed by atoms with E-state index >= 15 is 0 Å². The topological polar surface area (TPSA) is 90.7 Å². The molecule has 0 bridgehead atoms. The number of amides is 1. The molecule has 1 heterocycles. The summed E-state index contributed by atoms with van der Waals surface area (Å²) in [5.74, 6) is -0.529. The van der Waals surface area contributed by atoms with Gasteiger partial charge in [-0.15, -0.1) is 0 Å². The van der Waals surface area contributed by atoms with Gasteiger partial charge in [-0.1, -0.05) is 13.8 Å². The van der Waals surface area contributed by atoms with E-state index in [1.165, 1.54) is 7.11 Å². The highest BCUT2D eigenvalue weighted by atomic mass is 16.5. The largest absolute Gasteiger partial charge is 0.467 e. The van der Waals surface area contributed by atoms with Gasteiger partial charge in [-0.25, -0.2) is 4.79 Å². The van der Waals surface area contributed by atoms with Crippen molar-refractivity contribution in [3.05, 3.63) is 0 Å². The molecule has 3 N–H and O–H groups in total. The van der Waals surface area contributed by atoms with Gasteiger partial charge >= 0.3 is 5.97 Å². The predicted octanol–water partition coefficient (Wildman–Crippen LogP) is -0.192. The summed E-state index contributed by atoms with van der Waals surface area (Å²) in [5, 5.41) is 2.66. The summed E-state index contributed by atoms with van der Waals surface area (Å²) in [7, 11) is 1.30. The zero-order valence-corrected chi connectivity index (χ0v) is 11.2. The summed E-state index contributed by atoms with van der Waals surface area (Å²) in [6.45, 7) is 4.60. The van der Waals surface area contributed by atoms with Crippen molar-refractivity contribution >= 4 is 11.9 Å². The lowest BCUT2D eigenvalue weighted by atomic mass is 9.97. The molecule has 2 atom stereocenters. The third-order valence-electron chi connectivity index (χ3n) is 3.00. The molecular weight excluding hydrogens is 236 g/mol. The lowest BCUT2D eigenvalue weighted by Crippen LogP contribution is -2.58. The van der Waals surface area contributed by atoms with Gasteiger partial charge in [0.25, 0.3) is 0 Å². The lowest BCUT2D eigenvalue weighted by molar-refractivity contribution is -0.146. The summed E-state index contributed by atoms with van der Waals surface area (Å²) in [6, 6.07) is -0.650. The minimum atomic E-state index is -1.02. The van der Waals surface area contributed by atoms with Crippen LogP contribution < -0.4 is 11.1 Å². The molecule has 1 rings (SSSR count). The van der Waals surface area contributed by atoms with E-state index in [-0.39, 0.29) is 18.4 Å². The number of esters is 1. The van der Waals surface area contributed by atoms with Crippen LogP contribution in [0.25, 0.3) is 0 Å². The Labute approximate surface area is 107 Å². The maximum Gasteiger partial charge on any atom is 0.328 e. The van der Waals surface area contributed by atoms with Crippen molar-refractivity contribution in [3.63, 3.8) is 0 Å². The van der Waals surface area contributed by atoms with Gasteiger partial charge in [0.15, 0.2) is 0 Å². The van der Waals surface area contributed by atoms with E-state index in [2.05, 4.69) is 10.1 Å². The highest BCUT2D eigenvalue weighted by Crippen LogP contribution is 2.16. The van der Waals surface area contributed by atoms with Crippen LogP contribution in [0.3, 0.4) is 0 Å². The molecule has 6 nitrogen and oxygen atoms in total. The molecule has 1 saturated heterocycles. The molecule has 1 aliphatic heterocycles. The number of nitrogens with one attached hydrogen (secondary N) is 1. The Hall–Kier alpha value is -1.14. The number of nitrogens with two attached hydrogens (primary N) is 1. The Bertz CT molecular complexity index is 311. The van der Waals surface area contributed by atoms with Crippen LogP contribution in [0.15, 0.2) is 0 Å². The summed E-state index contributed by atoms with van der Waals surface area (Å²) in [6.07, 6.45) is 0.990. The molecule has 0 aliphatic carbocycles. The minimum absolute atomic E-state index is 0.189. The predicted molar refractivity (Wildman–Crippen MR) is 65.8 cm³/mol. The Morgan fingerprint density at radius 3 is 2.61 bits per heavy atom. The molecule has 0 saturated carbocycles. The molecule has 104 valence electrons. The second-order valence-corrected chi connectivity index (χ2v) is 5.14. The van der Waals surface area contributed by atoms with Gasteiger partial charge in [0.2, 0.25) is 5.91 Å². The van der Waals surface area contributed by atoms with E-state index in [0.29, 0.717) is 19.4 Å². The van der Waals surface area contributed by atoms with Crippen molar-refractivity contribution in [2.75, 3.05) is 20.3 Å². The first kappa shape index (κ1) is 14.9. The van der Waals surface area contributed by atoms with Crippen LogP contribution in [0.5, 0.6) is 0 Å². The molecule has 0 spiro atoms. The van der Waals surface area contributed by atoms with Gasteiger partial charge in [0.1, 0.15) is 11.6 Å². The fraction of sp³-hybridized carbons (Fsp3) is 0.833. The standard InChI is InChI=1S/C12H22N2O4/c1-8(2)6-9(10(15)17-3)14-11(16)12(13)4-5-18-7-12/h8-9H,4-7,13H2,1-3H3,(H,14,16). The highest BCUT2D eigenvalue weighted by Gasteiger charge is 2.40. The van der Waals surface area contributed by atoms with Gasteiger partial charge in [0.05, 0.1) is 13.7 Å². The van der Waals surface area contributed by atoms with Crippen LogP contribution in [0.2, 0.25) is 0 Å². The molecule has 0 radical (unpaired) electrons. The molecule has 0 aromatic carbocycles. The molecule has 1 aliphatic rings. The van der Waals surface area contributed by atoms with Crippen LogP contribution in [0.4, 0.5) is 0 Å². The number of carbonyl (C=O) groups excluding carboxylic acids is 2. The molecular formula is C12H22N2O4. The number of hydrogen-bond donors (Lipinski definition) is 2. The van der Waals surface area contributed by atoms with Gasteiger partial charge in [0, 0.05) is 6.61 Å². The SMILES string of the molecule is COC(=O)C(CC(C)C)NC(=O)C1(N)CCOC1. The number of rotatable bonds is 5. The van der Waals surface area contributed by atoms with E-state index in [0.717, 1.165) is 0 Å². The van der Waals surface area contributed by atoms with Crippen molar-refractivity contribution < 1.29 is 19.1 Å². The second kappa shape index (κ2) is 6.15. The normalized spacial score (nSPS) is 24.9. The first-order valence-corrected chi connectivity index (χ1v) is 6.14. The average Bonchev–Trinajstić information content (AvgIpc) is 2.75. The van der Waals surface area contributed by atoms with Crippen molar-refractivity contribution in [3.8, 4) is 0 Å². The van der Waals surface area contributed by atoms with Crippen molar-refractivity contribution in [2.24, 2.45) is 11.7 Å². The molecule has 0 aromatic rings. The highest BCUT2D eigenvalue weighted by molar-refractivity contribution is 5.90. The average molecular weight is 258 g/mol. The van der Waals surface area contributed by atoms with E-state index in [4.69, 9.17) is 10.5 Å². The smallest absolute Gasteiger partial charge is 0.328 e. The fourth-order valence-corrected chi connectivity index (χ4v) is 1.89. The molecule has 1 fully saturated rings. The summed E-state index contributed by atoms with van der Waals surface area (Å²) in [5.41, 5.74) is 4.91. The zero-order valence-electron chi connectivity index (χ0n) is 11.2. The van der Waals surface area contributed by atoms with E-state index in [1.807, 2.05) is 13.8 Å². The number of methoxy groups -OCH3 is 1. The van der Waals surface area contributed by atoms with Crippen molar-refractivity contribution in [1.82, 2.24) is 5.32 Å². The lowest BCUT2D eigenvalue weighted by Gasteiger charge is -2.25. The summed E-state index contributed by atoms with van der Waals surface area (Å²) >= 11 is 0. The monoisotopic (exact) mass is 258 g/mol. The van der Waals surface area contributed by atoms with Crippen molar-refractivity contribution in [1.29, 1.82) is 0 Å². The maximum atomic E-state index is 12.1. The Balaban J connectivity index is 2.64. The van der Waals surface area contributed by atoms with Gasteiger partial charge in [-0.05, 0) is 18.8 Å². The maximum absolute atomic E-state index is 12.1. The summed E-state index contributed by atoms with van der Waals surface area (Å²) in [4.78, 5) is 23.6. The Morgan fingerprint density at radius 2 is 2.17 bits per heavy atom. The third-order valence-corrected chi connectivity index (χ3v) is 3.00. The van der Waals surface area contributed by atoms with Gasteiger partial charge in [-0.3, -0.25) is 4.79 Å². The van der Waals surface area contributed by atoms with E-state index in [1.54, 1.807) is 0 Å². The second-order valence-electron chi connectivity index (χ2n) is 5.14. The molecule has 1 amide bonds. The quantitative estimate of drug-likeness (QED) is 0.667. The first-order chi connectivity index (χ1) is 8.39. The zero-order chi connectivity index (χ0) is 13.8. The Kier molecular flexibility index (Phi) is 5.10. The molecule has 18 heavy (non-hydrogen) atoms. The van der Waals surface area contributed by atoms with E-state index in [9.17, 15) is 9.59 Å². The minimum Gasteiger partial charge on any atom is -0.467 e. The van der Waals surface area contributed by atoms with Gasteiger partial charge in [-0.2, -0.15) is 0 Å². The van der Waals surface area contributed by atoms with Crippen LogP contribution in [0.1, 0.15) is 26.7 Å². The van der Waals surface area contributed by atoms with Crippen LogP contribution in [-0.2, 0) is 19.1 Å². The Morgan fingerprint density at radius 1 is 1.50 bits per heavy atom. The molecule has 0 aromatic heterocycles. The first-order valence-electron chi connectivity index (χ1n) is 6.14. The number of ether oxygens (including phenoxy) is 2. The van der Waals surface area contributed by atoms with Crippen LogP contribution in [0, 0.1) is 5.92 Å².